The minimum Gasteiger partial charge on any atom is -0.432 e. The van der Waals surface area contributed by atoms with Crippen LogP contribution in [0.1, 0.15) is 18.5 Å². The van der Waals surface area contributed by atoms with E-state index in [1.54, 1.807) is 37.0 Å². The van der Waals surface area contributed by atoms with Crippen molar-refractivity contribution in [3.8, 4) is 22.6 Å². The zero-order valence-corrected chi connectivity index (χ0v) is 21.9. The van der Waals surface area contributed by atoms with Gasteiger partial charge in [-0.1, -0.05) is 11.8 Å². The fraction of sp³-hybridized carbons (Fsp3) is 0.259. The topological polar surface area (TPSA) is 114 Å². The van der Waals surface area contributed by atoms with Crippen molar-refractivity contribution in [2.75, 3.05) is 24.2 Å². The first kappa shape index (κ1) is 25.0. The van der Waals surface area contributed by atoms with Crippen molar-refractivity contribution < 1.29 is 13.6 Å². The Morgan fingerprint density at radius 1 is 1.08 bits per heavy atom. The van der Waals surface area contributed by atoms with Gasteiger partial charge in [-0.3, -0.25) is 9.20 Å². The lowest BCUT2D eigenvalue weighted by Crippen LogP contribution is -2.43. The van der Waals surface area contributed by atoms with Gasteiger partial charge in [0.05, 0.1) is 11.4 Å². The van der Waals surface area contributed by atoms with E-state index in [4.69, 9.17) is 9.40 Å². The third kappa shape index (κ3) is 5.46. The largest absolute Gasteiger partial charge is 0.432 e. The molecule has 1 aliphatic heterocycles. The number of oxazole rings is 1. The number of piperidine rings is 1. The fourth-order valence-electron chi connectivity index (χ4n) is 4.57. The second kappa shape index (κ2) is 10.8. The van der Waals surface area contributed by atoms with E-state index < -0.39 is 0 Å². The van der Waals surface area contributed by atoms with Gasteiger partial charge in [0.1, 0.15) is 23.5 Å². The number of carbonyl (C=O) groups excluding carboxylic acids is 1. The molecule has 0 spiro atoms. The summed E-state index contributed by atoms with van der Waals surface area (Å²) in [5, 5.41) is 4.04. The van der Waals surface area contributed by atoms with Crippen LogP contribution in [0.2, 0.25) is 0 Å². The number of aromatic nitrogens is 6. The maximum absolute atomic E-state index is 13.5. The number of benzene rings is 1. The Morgan fingerprint density at radius 3 is 2.67 bits per heavy atom. The highest BCUT2D eigenvalue weighted by molar-refractivity contribution is 7.99. The van der Waals surface area contributed by atoms with E-state index in [1.807, 2.05) is 28.4 Å². The molecule has 1 saturated heterocycles. The average molecular weight is 545 g/mol. The van der Waals surface area contributed by atoms with Crippen molar-refractivity contribution in [2.24, 2.45) is 0 Å². The number of hydrogen-bond acceptors (Lipinski definition) is 9. The van der Waals surface area contributed by atoms with Gasteiger partial charge in [0.15, 0.2) is 5.16 Å². The molecule has 1 fully saturated rings. The second-order valence-corrected chi connectivity index (χ2v) is 10.1. The van der Waals surface area contributed by atoms with E-state index in [2.05, 4.69) is 25.3 Å². The van der Waals surface area contributed by atoms with Crippen LogP contribution in [0.25, 0.3) is 28.5 Å². The Hall–Kier alpha value is -4.32. The third-order valence-corrected chi connectivity index (χ3v) is 7.40. The van der Waals surface area contributed by atoms with Crippen molar-refractivity contribution in [1.82, 2.24) is 34.2 Å². The van der Waals surface area contributed by atoms with Crippen molar-refractivity contribution >= 4 is 29.5 Å². The number of nitrogens with one attached hydrogen (secondary N) is 1. The molecule has 10 nitrogen and oxygen atoms in total. The quantitative estimate of drug-likeness (QED) is 0.234. The minimum atomic E-state index is -0.316. The summed E-state index contributed by atoms with van der Waals surface area (Å²) in [6.45, 7) is 3.21. The highest BCUT2D eigenvalue weighted by Crippen LogP contribution is 2.32. The van der Waals surface area contributed by atoms with Gasteiger partial charge in [-0.25, -0.2) is 24.3 Å². The maximum Gasteiger partial charge on any atom is 0.306 e. The third-order valence-electron chi connectivity index (χ3n) is 6.56. The predicted molar refractivity (Wildman–Crippen MR) is 145 cm³/mol. The van der Waals surface area contributed by atoms with Crippen LogP contribution in [0, 0.1) is 12.7 Å². The molecule has 12 heteroatoms. The first-order valence-electron chi connectivity index (χ1n) is 12.5. The highest BCUT2D eigenvalue weighted by Gasteiger charge is 2.24. The highest BCUT2D eigenvalue weighted by atomic mass is 32.2. The summed E-state index contributed by atoms with van der Waals surface area (Å²) in [6.07, 6.45) is 8.30. The van der Waals surface area contributed by atoms with Crippen LogP contribution in [-0.2, 0) is 4.79 Å². The zero-order chi connectivity index (χ0) is 26.8. The molecule has 1 N–H and O–H groups in total. The number of hydrogen-bond donors (Lipinski definition) is 1. The minimum absolute atomic E-state index is 0.0833. The van der Waals surface area contributed by atoms with Crippen LogP contribution in [0.15, 0.2) is 70.8 Å². The van der Waals surface area contributed by atoms with Gasteiger partial charge in [-0.2, -0.15) is 4.98 Å². The van der Waals surface area contributed by atoms with Crippen LogP contribution in [0.3, 0.4) is 0 Å². The van der Waals surface area contributed by atoms with Gasteiger partial charge in [0.25, 0.3) is 0 Å². The number of aryl methyl sites for hydroxylation is 1. The molecule has 0 radical (unpaired) electrons. The maximum atomic E-state index is 13.5. The van der Waals surface area contributed by atoms with Gasteiger partial charge < -0.3 is 14.6 Å². The second-order valence-electron chi connectivity index (χ2n) is 9.21. The van der Waals surface area contributed by atoms with Gasteiger partial charge >= 0.3 is 5.84 Å². The SMILES string of the molecule is Cc1ccnc(SCC(=O)N2CCC(Nc3nccc(-c4c(-c5ccc(F)cc5)nc5occn45)n3)CC2)n1. The molecule has 0 atom stereocenters. The molecule has 39 heavy (non-hydrogen) atoms. The van der Waals surface area contributed by atoms with Crippen molar-refractivity contribution in [2.45, 2.75) is 31.0 Å². The first-order chi connectivity index (χ1) is 19.0. The zero-order valence-electron chi connectivity index (χ0n) is 21.1. The van der Waals surface area contributed by atoms with Crippen LogP contribution in [-0.4, -0.2) is 65.0 Å². The number of rotatable bonds is 7. The number of anilines is 1. The Kier molecular flexibility index (Phi) is 6.93. The van der Waals surface area contributed by atoms with E-state index in [1.165, 1.54) is 23.9 Å². The first-order valence-corrected chi connectivity index (χ1v) is 13.5. The van der Waals surface area contributed by atoms with Gasteiger partial charge in [-0.05, 0) is 56.2 Å². The predicted octanol–water partition coefficient (Wildman–Crippen LogP) is 4.48. The molecule has 5 aromatic rings. The summed E-state index contributed by atoms with van der Waals surface area (Å²) in [7, 11) is 0. The summed E-state index contributed by atoms with van der Waals surface area (Å²) in [6, 6.07) is 9.95. The summed E-state index contributed by atoms with van der Waals surface area (Å²) in [5.41, 5.74) is 3.66. The molecule has 5 heterocycles. The Labute approximate surface area is 227 Å². The van der Waals surface area contributed by atoms with E-state index in [0.29, 0.717) is 47.2 Å². The lowest BCUT2D eigenvalue weighted by Gasteiger charge is -2.32. The lowest BCUT2D eigenvalue weighted by molar-refractivity contribution is -0.129. The number of likely N-dealkylation sites (tertiary alicyclic amines) is 1. The molecule has 0 aliphatic carbocycles. The molecule has 4 aromatic heterocycles. The van der Waals surface area contributed by atoms with Crippen molar-refractivity contribution in [3.05, 3.63) is 72.8 Å². The molecule has 1 aromatic carbocycles. The number of amides is 1. The van der Waals surface area contributed by atoms with Gasteiger partial charge in [0, 0.05) is 49.0 Å². The molecule has 198 valence electrons. The number of carbonyl (C=O) groups is 1. The Bertz CT molecular complexity index is 1610. The standard InChI is InChI=1S/C27H25FN8O2S/c1-17-6-10-30-26(31-17)39-16-22(37)35-12-8-20(9-13-35)32-25-29-11-7-21(33-25)24-23(18-2-4-19(28)5-3-18)34-27-36(24)14-15-38-27/h2-7,10-11,14-15,20H,8-9,12-13,16H2,1H3,(H,29,32,33). The van der Waals surface area contributed by atoms with E-state index >= 15 is 0 Å². The van der Waals surface area contributed by atoms with Gasteiger partial charge in [-0.15, -0.1) is 0 Å². The lowest BCUT2D eigenvalue weighted by atomic mass is 10.1. The summed E-state index contributed by atoms with van der Waals surface area (Å²) < 4.78 is 20.9. The number of thioether (sulfide) groups is 1. The van der Waals surface area contributed by atoms with Crippen LogP contribution >= 0.6 is 11.8 Å². The summed E-state index contributed by atoms with van der Waals surface area (Å²) >= 11 is 1.36. The van der Waals surface area contributed by atoms with E-state index in [-0.39, 0.29) is 17.8 Å². The van der Waals surface area contributed by atoms with E-state index in [0.717, 1.165) is 29.8 Å². The molecule has 0 bridgehead atoms. The van der Waals surface area contributed by atoms with Crippen molar-refractivity contribution in [1.29, 1.82) is 0 Å². The summed E-state index contributed by atoms with van der Waals surface area (Å²) in [4.78, 5) is 37.0. The molecule has 6 rings (SSSR count). The monoisotopic (exact) mass is 544 g/mol. The molecule has 0 unspecified atom stereocenters. The molecule has 1 aliphatic rings. The molecule has 1 amide bonds. The average Bonchev–Trinajstić information content (AvgIpc) is 3.55. The van der Waals surface area contributed by atoms with E-state index in [9.17, 15) is 9.18 Å². The van der Waals surface area contributed by atoms with Crippen LogP contribution in [0.4, 0.5) is 10.3 Å². The fourth-order valence-corrected chi connectivity index (χ4v) is 5.35. The van der Waals surface area contributed by atoms with Crippen LogP contribution in [0.5, 0.6) is 0 Å². The van der Waals surface area contributed by atoms with Gasteiger partial charge in [0.2, 0.25) is 11.9 Å². The Morgan fingerprint density at radius 2 is 1.87 bits per heavy atom. The summed E-state index contributed by atoms with van der Waals surface area (Å²) in [5.74, 6) is 0.995. The number of nitrogens with zero attached hydrogens (tertiary/aromatic N) is 7. The van der Waals surface area contributed by atoms with Crippen LogP contribution < -0.4 is 5.32 Å². The normalized spacial score (nSPS) is 14.2. The Balaban J connectivity index is 1.12. The molecule has 0 saturated carbocycles. The number of halogens is 1. The number of imidazole rings is 1. The number of fused-ring (bicyclic) bond motifs is 1. The van der Waals surface area contributed by atoms with Crippen molar-refractivity contribution in [3.63, 3.8) is 0 Å². The molecular weight excluding hydrogens is 519 g/mol. The molecular formula is C27H25FN8O2S. The smallest absolute Gasteiger partial charge is 0.306 e.